The van der Waals surface area contributed by atoms with Crippen molar-refractivity contribution in [1.82, 2.24) is 10.6 Å². The molecule has 0 bridgehead atoms. The van der Waals surface area contributed by atoms with Crippen LogP contribution in [0.4, 0.5) is 0 Å². The lowest BCUT2D eigenvalue weighted by Gasteiger charge is -2.24. The van der Waals surface area contributed by atoms with Crippen LogP contribution in [0.2, 0.25) is 0 Å². The molecular weight excluding hydrogens is 224 g/mol. The Balaban J connectivity index is 2.15. The van der Waals surface area contributed by atoms with Crippen LogP contribution in [-0.2, 0) is 4.79 Å². The number of nitrogens with one attached hydrogen (secondary N) is 2. The van der Waals surface area contributed by atoms with Crippen LogP contribution in [-0.4, -0.2) is 25.5 Å². The maximum Gasteiger partial charge on any atom is 0.224 e. The Kier molecular flexibility index (Phi) is 7.33. The van der Waals surface area contributed by atoms with Gasteiger partial charge in [0.25, 0.3) is 0 Å². The molecule has 106 valence electrons. The highest BCUT2D eigenvalue weighted by atomic mass is 16.1. The summed E-state index contributed by atoms with van der Waals surface area (Å²) in [5.74, 6) is 1.15. The van der Waals surface area contributed by atoms with Crippen molar-refractivity contribution < 1.29 is 4.79 Å². The normalized spacial score (nSPS) is 20.4. The van der Waals surface area contributed by atoms with E-state index in [1.165, 1.54) is 38.5 Å². The number of amides is 1. The molecule has 0 radical (unpaired) electrons. The van der Waals surface area contributed by atoms with Gasteiger partial charge in [-0.1, -0.05) is 39.0 Å². The van der Waals surface area contributed by atoms with Crippen LogP contribution in [0.1, 0.15) is 58.8 Å². The van der Waals surface area contributed by atoms with E-state index in [1.54, 1.807) is 0 Å². The lowest BCUT2D eigenvalue weighted by atomic mass is 9.85. The Morgan fingerprint density at radius 3 is 2.50 bits per heavy atom. The molecule has 0 aromatic rings. The third-order valence-electron chi connectivity index (χ3n) is 4.08. The number of carbonyl (C=O) groups excluding carboxylic acids is 1. The van der Waals surface area contributed by atoms with Crippen LogP contribution in [0.15, 0.2) is 0 Å². The van der Waals surface area contributed by atoms with Gasteiger partial charge in [-0.15, -0.1) is 0 Å². The highest BCUT2D eigenvalue weighted by molar-refractivity contribution is 5.78. The molecular formula is C15H30N2O. The van der Waals surface area contributed by atoms with Crippen molar-refractivity contribution in [3.05, 3.63) is 0 Å². The molecule has 0 aromatic carbocycles. The topological polar surface area (TPSA) is 41.1 Å². The second-order valence-corrected chi connectivity index (χ2v) is 5.95. The summed E-state index contributed by atoms with van der Waals surface area (Å²) < 4.78 is 0. The van der Waals surface area contributed by atoms with Gasteiger partial charge in [-0.05, 0) is 32.7 Å². The maximum atomic E-state index is 11.8. The van der Waals surface area contributed by atoms with Crippen molar-refractivity contribution in [2.75, 3.05) is 13.6 Å². The van der Waals surface area contributed by atoms with E-state index in [0.717, 1.165) is 18.9 Å². The maximum absolute atomic E-state index is 11.8. The molecule has 2 atom stereocenters. The molecule has 0 saturated heterocycles. The fraction of sp³-hybridized carbons (Fsp3) is 0.933. The SMILES string of the molecule is CNCC(C)C(=O)NC(C)CCC1CCCCC1. The van der Waals surface area contributed by atoms with Crippen molar-refractivity contribution in [2.45, 2.75) is 64.8 Å². The average Bonchev–Trinajstić information content (AvgIpc) is 2.38. The standard InChI is InChI=1S/C15H30N2O/c1-12(11-16-3)15(18)17-13(2)9-10-14-7-5-4-6-8-14/h12-14,16H,4-11H2,1-3H3,(H,17,18). The zero-order valence-electron chi connectivity index (χ0n) is 12.3. The van der Waals surface area contributed by atoms with Gasteiger partial charge in [0, 0.05) is 18.5 Å². The summed E-state index contributed by atoms with van der Waals surface area (Å²) in [7, 11) is 1.89. The molecule has 0 spiro atoms. The Bertz CT molecular complexity index is 237. The van der Waals surface area contributed by atoms with Gasteiger partial charge in [0.05, 0.1) is 0 Å². The van der Waals surface area contributed by atoms with E-state index in [-0.39, 0.29) is 11.8 Å². The van der Waals surface area contributed by atoms with Crippen molar-refractivity contribution >= 4 is 5.91 Å². The zero-order valence-corrected chi connectivity index (χ0v) is 12.3. The van der Waals surface area contributed by atoms with Crippen molar-refractivity contribution in [2.24, 2.45) is 11.8 Å². The second kappa shape index (κ2) is 8.52. The van der Waals surface area contributed by atoms with Crippen LogP contribution in [0, 0.1) is 11.8 Å². The fourth-order valence-corrected chi connectivity index (χ4v) is 2.82. The first-order valence-corrected chi connectivity index (χ1v) is 7.58. The monoisotopic (exact) mass is 254 g/mol. The molecule has 2 unspecified atom stereocenters. The Labute approximate surface area is 112 Å². The van der Waals surface area contributed by atoms with E-state index in [9.17, 15) is 4.79 Å². The highest BCUT2D eigenvalue weighted by Crippen LogP contribution is 2.27. The summed E-state index contributed by atoms with van der Waals surface area (Å²) >= 11 is 0. The van der Waals surface area contributed by atoms with Crippen LogP contribution in [0.5, 0.6) is 0 Å². The molecule has 0 aliphatic heterocycles. The third kappa shape index (κ3) is 5.85. The minimum absolute atomic E-state index is 0.0622. The average molecular weight is 254 g/mol. The second-order valence-electron chi connectivity index (χ2n) is 5.95. The first-order valence-electron chi connectivity index (χ1n) is 7.58. The first kappa shape index (κ1) is 15.5. The Hall–Kier alpha value is -0.570. The summed E-state index contributed by atoms with van der Waals surface area (Å²) in [5, 5.41) is 6.17. The molecule has 0 heterocycles. The zero-order chi connectivity index (χ0) is 13.4. The van der Waals surface area contributed by atoms with Crippen LogP contribution in [0.3, 0.4) is 0 Å². The van der Waals surface area contributed by atoms with Crippen molar-refractivity contribution in [1.29, 1.82) is 0 Å². The Morgan fingerprint density at radius 1 is 1.22 bits per heavy atom. The molecule has 1 fully saturated rings. The van der Waals surface area contributed by atoms with E-state index >= 15 is 0 Å². The van der Waals surface area contributed by atoms with Gasteiger partial charge in [0.1, 0.15) is 0 Å². The predicted octanol–water partition coefficient (Wildman–Crippen LogP) is 2.71. The summed E-state index contributed by atoms with van der Waals surface area (Å²) in [6.45, 7) is 4.85. The summed E-state index contributed by atoms with van der Waals surface area (Å²) in [5.41, 5.74) is 0. The van der Waals surface area contributed by atoms with E-state index in [4.69, 9.17) is 0 Å². The van der Waals surface area contributed by atoms with Gasteiger partial charge in [-0.3, -0.25) is 4.79 Å². The molecule has 1 aliphatic carbocycles. The quantitative estimate of drug-likeness (QED) is 0.733. The molecule has 18 heavy (non-hydrogen) atoms. The van der Waals surface area contributed by atoms with E-state index in [2.05, 4.69) is 17.6 Å². The molecule has 2 N–H and O–H groups in total. The van der Waals surface area contributed by atoms with E-state index in [1.807, 2.05) is 14.0 Å². The summed E-state index contributed by atoms with van der Waals surface area (Å²) in [4.78, 5) is 11.8. The summed E-state index contributed by atoms with van der Waals surface area (Å²) in [6.07, 6.45) is 9.44. The first-order chi connectivity index (χ1) is 8.63. The number of hydrogen-bond acceptors (Lipinski definition) is 2. The predicted molar refractivity (Wildman–Crippen MR) is 76.5 cm³/mol. The van der Waals surface area contributed by atoms with Gasteiger partial charge < -0.3 is 10.6 Å². The van der Waals surface area contributed by atoms with Gasteiger partial charge in [0.15, 0.2) is 0 Å². The minimum Gasteiger partial charge on any atom is -0.353 e. The van der Waals surface area contributed by atoms with Gasteiger partial charge in [-0.25, -0.2) is 0 Å². The summed E-state index contributed by atoms with van der Waals surface area (Å²) in [6, 6.07) is 0.318. The number of carbonyl (C=O) groups is 1. The molecule has 1 aliphatic rings. The lowest BCUT2D eigenvalue weighted by Crippen LogP contribution is -2.39. The molecule has 3 heteroatoms. The Morgan fingerprint density at radius 2 is 1.89 bits per heavy atom. The van der Waals surface area contributed by atoms with Crippen LogP contribution >= 0.6 is 0 Å². The molecule has 3 nitrogen and oxygen atoms in total. The molecule has 1 amide bonds. The molecule has 1 rings (SSSR count). The van der Waals surface area contributed by atoms with Gasteiger partial charge >= 0.3 is 0 Å². The van der Waals surface area contributed by atoms with Crippen LogP contribution in [0.25, 0.3) is 0 Å². The van der Waals surface area contributed by atoms with Crippen molar-refractivity contribution in [3.63, 3.8) is 0 Å². The van der Waals surface area contributed by atoms with Gasteiger partial charge in [-0.2, -0.15) is 0 Å². The lowest BCUT2D eigenvalue weighted by molar-refractivity contribution is -0.125. The molecule has 0 aromatic heterocycles. The van der Waals surface area contributed by atoms with E-state index < -0.39 is 0 Å². The smallest absolute Gasteiger partial charge is 0.224 e. The van der Waals surface area contributed by atoms with E-state index in [0.29, 0.717) is 6.04 Å². The number of hydrogen-bond donors (Lipinski definition) is 2. The third-order valence-corrected chi connectivity index (χ3v) is 4.08. The largest absolute Gasteiger partial charge is 0.353 e. The highest BCUT2D eigenvalue weighted by Gasteiger charge is 2.17. The van der Waals surface area contributed by atoms with Crippen LogP contribution < -0.4 is 10.6 Å². The minimum atomic E-state index is 0.0622. The fourth-order valence-electron chi connectivity index (χ4n) is 2.82. The van der Waals surface area contributed by atoms with Crippen molar-refractivity contribution in [3.8, 4) is 0 Å². The molecule has 1 saturated carbocycles. The number of rotatable bonds is 7. The van der Waals surface area contributed by atoms with Gasteiger partial charge in [0.2, 0.25) is 5.91 Å².